The maximum absolute atomic E-state index is 13.4. The van der Waals surface area contributed by atoms with Gasteiger partial charge in [0.2, 0.25) is 0 Å². The summed E-state index contributed by atoms with van der Waals surface area (Å²) in [5.74, 6) is -0.180. The average Bonchev–Trinajstić information content (AvgIpc) is 3.19. The van der Waals surface area contributed by atoms with Crippen LogP contribution < -0.4 is 0 Å². The summed E-state index contributed by atoms with van der Waals surface area (Å²) >= 11 is 0. The van der Waals surface area contributed by atoms with E-state index in [-0.39, 0.29) is 11.9 Å². The highest BCUT2D eigenvalue weighted by Crippen LogP contribution is 2.40. The van der Waals surface area contributed by atoms with Crippen molar-refractivity contribution in [1.82, 2.24) is 0 Å². The lowest BCUT2D eigenvalue weighted by Crippen LogP contribution is -2.46. The zero-order valence-electron chi connectivity index (χ0n) is 42.1. The summed E-state index contributed by atoms with van der Waals surface area (Å²) in [6, 6.07) is 2.12. The summed E-state index contributed by atoms with van der Waals surface area (Å²) in [4.78, 5) is 26.7. The number of rotatable bonds is 44. The van der Waals surface area contributed by atoms with Gasteiger partial charge in [-0.15, -0.1) is 0 Å². The first kappa shape index (κ1) is 58.4. The van der Waals surface area contributed by atoms with Gasteiger partial charge in [0.25, 0.3) is 28.6 Å². The number of carbonyl (C=O) groups excluding carboxylic acids is 2. The van der Waals surface area contributed by atoms with Crippen LogP contribution in [0.5, 0.6) is 0 Å². The lowest BCUT2D eigenvalue weighted by atomic mass is 10.0. The molecule has 6 heteroatoms. The topological polar surface area (TPSA) is 52.6 Å². The van der Waals surface area contributed by atoms with E-state index < -0.39 is 16.6 Å². The van der Waals surface area contributed by atoms with Gasteiger partial charge in [0.1, 0.15) is 0 Å². The van der Waals surface area contributed by atoms with Gasteiger partial charge in [-0.2, -0.15) is 0 Å². The van der Waals surface area contributed by atoms with E-state index >= 15 is 0 Å². The smallest absolute Gasteiger partial charge is 0.292 e. The Bertz CT molecular complexity index is 858. The molecular weight excluding hydrogens is 757 g/mol. The molecule has 0 N–H and O–H groups in total. The molecule has 0 saturated heterocycles. The second-order valence-corrected chi connectivity index (χ2v) is 30.3. The quantitative estimate of drug-likeness (QED) is 0.0452. The van der Waals surface area contributed by atoms with E-state index in [1.165, 1.54) is 193 Å². The first-order chi connectivity index (χ1) is 28.4. The Hall–Kier alpha value is -0.626. The summed E-state index contributed by atoms with van der Waals surface area (Å²) in [6.07, 6.45) is 45.0. The van der Waals surface area contributed by atoms with Crippen molar-refractivity contribution in [3.8, 4) is 0 Å². The van der Waals surface area contributed by atoms with Gasteiger partial charge < -0.3 is 8.85 Å². The number of hydrogen-bond donors (Lipinski definition) is 0. The summed E-state index contributed by atoms with van der Waals surface area (Å²) in [7, 11) is -4.54. The normalized spacial score (nSPS) is 12.4. The summed E-state index contributed by atoms with van der Waals surface area (Å²) in [5, 5.41) is 0. The minimum atomic E-state index is -2.27. The fraction of sp³-hybridized carbons (Fsp3) is 0.962. The van der Waals surface area contributed by atoms with Crippen LogP contribution in [-0.4, -0.2) is 28.6 Å². The Morgan fingerprint density at radius 1 is 0.305 bits per heavy atom. The van der Waals surface area contributed by atoms with Crippen LogP contribution in [0.1, 0.15) is 294 Å². The molecule has 0 saturated carbocycles. The molecule has 0 amide bonds. The van der Waals surface area contributed by atoms with Gasteiger partial charge in [-0.05, 0) is 40.7 Å². The average molecular weight is 866 g/mol. The summed E-state index contributed by atoms with van der Waals surface area (Å²) in [5.41, 5.74) is 1.56. The minimum absolute atomic E-state index is 0.0900. The Morgan fingerprint density at radius 3 is 0.678 bits per heavy atom. The molecule has 0 aromatic heterocycles. The Morgan fingerprint density at radius 2 is 0.492 bits per heavy atom. The molecule has 0 spiro atoms. The highest BCUT2D eigenvalue weighted by molar-refractivity contribution is 6.78. The maximum Gasteiger partial charge on any atom is 0.292 e. The molecule has 59 heavy (non-hydrogen) atoms. The lowest BCUT2D eigenvalue weighted by Gasteiger charge is -2.38. The molecule has 0 aromatic rings. The molecule has 352 valence electrons. The fourth-order valence-corrected chi connectivity index (χ4v) is 18.6. The molecule has 0 atom stereocenters. The standard InChI is InChI=1S/C53H108O4Si2/c1-11-13-15-17-19-21-23-25-27-29-31-33-35-37-39-41-46-58(48(3)4,49(5)6)56-52(54)44-43-45-53(55)57-59(50(7)8,51(9)10)47-42-40-38-36-34-32-30-28-26-24-22-20-18-16-14-12-2/h48-51H,11-47H2,1-10H3. The molecule has 0 aliphatic carbocycles. The van der Waals surface area contributed by atoms with Crippen LogP contribution in [0.25, 0.3) is 0 Å². The number of carbonyl (C=O) groups is 2. The summed E-state index contributed by atoms with van der Waals surface area (Å²) < 4.78 is 13.1. The van der Waals surface area contributed by atoms with E-state index in [9.17, 15) is 9.59 Å². The third-order valence-electron chi connectivity index (χ3n) is 14.1. The zero-order valence-corrected chi connectivity index (χ0v) is 44.1. The second kappa shape index (κ2) is 39.0. The van der Waals surface area contributed by atoms with E-state index in [1.807, 2.05) is 0 Å². The van der Waals surface area contributed by atoms with E-state index in [1.54, 1.807) is 0 Å². The van der Waals surface area contributed by atoms with E-state index in [2.05, 4.69) is 69.2 Å². The number of unbranched alkanes of at least 4 members (excludes halogenated alkanes) is 30. The zero-order chi connectivity index (χ0) is 44.0. The molecule has 0 heterocycles. The number of hydrogen-bond acceptors (Lipinski definition) is 4. The van der Waals surface area contributed by atoms with Gasteiger partial charge >= 0.3 is 0 Å². The first-order valence-corrected chi connectivity index (χ1v) is 31.4. The molecule has 0 radical (unpaired) electrons. The molecule has 0 aromatic carbocycles. The van der Waals surface area contributed by atoms with Gasteiger partial charge in [0.15, 0.2) is 0 Å². The van der Waals surface area contributed by atoms with Crippen molar-refractivity contribution in [3.05, 3.63) is 0 Å². The van der Waals surface area contributed by atoms with Crippen LogP contribution in [0.4, 0.5) is 0 Å². The first-order valence-electron chi connectivity index (χ1n) is 26.8. The molecule has 4 nitrogen and oxygen atoms in total. The predicted molar refractivity (Wildman–Crippen MR) is 267 cm³/mol. The molecular formula is C53H108O4Si2. The Labute approximate surface area is 373 Å². The van der Waals surface area contributed by atoms with Crippen molar-refractivity contribution in [3.63, 3.8) is 0 Å². The van der Waals surface area contributed by atoms with Crippen LogP contribution in [0.2, 0.25) is 34.3 Å². The Balaban J connectivity index is 4.47. The van der Waals surface area contributed by atoms with Crippen LogP contribution in [-0.2, 0) is 18.4 Å². The van der Waals surface area contributed by atoms with Gasteiger partial charge in [0.05, 0.1) is 0 Å². The van der Waals surface area contributed by atoms with E-state index in [4.69, 9.17) is 8.85 Å². The van der Waals surface area contributed by atoms with Crippen molar-refractivity contribution in [2.24, 2.45) is 0 Å². The maximum atomic E-state index is 13.4. The minimum Gasteiger partial charge on any atom is -0.519 e. The second-order valence-electron chi connectivity index (χ2n) is 20.4. The van der Waals surface area contributed by atoms with Gasteiger partial charge in [0, 0.05) is 12.8 Å². The third-order valence-corrected chi connectivity index (χ3v) is 25.4. The molecule has 0 rings (SSSR count). The van der Waals surface area contributed by atoms with Crippen molar-refractivity contribution in [2.45, 2.75) is 328 Å². The molecule has 0 bridgehead atoms. The van der Waals surface area contributed by atoms with Crippen molar-refractivity contribution >= 4 is 28.6 Å². The van der Waals surface area contributed by atoms with Gasteiger partial charge in [-0.25, -0.2) is 0 Å². The van der Waals surface area contributed by atoms with Crippen LogP contribution in [0, 0.1) is 0 Å². The monoisotopic (exact) mass is 865 g/mol. The Kier molecular flexibility index (Phi) is 38.6. The van der Waals surface area contributed by atoms with Crippen molar-refractivity contribution < 1.29 is 18.4 Å². The molecule has 0 unspecified atom stereocenters. The van der Waals surface area contributed by atoms with Crippen LogP contribution in [0.3, 0.4) is 0 Å². The van der Waals surface area contributed by atoms with Crippen LogP contribution in [0.15, 0.2) is 0 Å². The fourth-order valence-electron chi connectivity index (χ4n) is 9.86. The van der Waals surface area contributed by atoms with Crippen molar-refractivity contribution in [2.75, 3.05) is 0 Å². The molecule has 0 aliphatic rings. The van der Waals surface area contributed by atoms with Gasteiger partial charge in [-0.3, -0.25) is 9.59 Å². The highest BCUT2D eigenvalue weighted by atomic mass is 28.4. The predicted octanol–water partition coefficient (Wildman–Crippen LogP) is 19.3. The highest BCUT2D eigenvalue weighted by Gasteiger charge is 2.46. The SMILES string of the molecule is CCCCCCCCCCCCCCCCCC[Si](OC(=O)CCCC(=O)O[Si](CCCCCCCCCCCCCCCCCC)(C(C)C)C(C)C)(C(C)C)C(C)C. The van der Waals surface area contributed by atoms with Crippen molar-refractivity contribution in [1.29, 1.82) is 0 Å². The molecule has 0 fully saturated rings. The largest absolute Gasteiger partial charge is 0.519 e. The molecule has 0 aliphatic heterocycles. The third kappa shape index (κ3) is 29.4. The van der Waals surface area contributed by atoms with E-state index in [0.717, 1.165) is 24.9 Å². The van der Waals surface area contributed by atoms with Gasteiger partial charge in [-0.1, -0.05) is 275 Å². The lowest BCUT2D eigenvalue weighted by molar-refractivity contribution is -0.137. The summed E-state index contributed by atoms with van der Waals surface area (Å²) in [6.45, 7) is 22.7. The van der Waals surface area contributed by atoms with Crippen LogP contribution >= 0.6 is 0 Å². The van der Waals surface area contributed by atoms with E-state index in [0.29, 0.717) is 41.4 Å².